The fourth-order valence-electron chi connectivity index (χ4n) is 2.19. The summed E-state index contributed by atoms with van der Waals surface area (Å²) in [6.07, 6.45) is 2.33. The summed E-state index contributed by atoms with van der Waals surface area (Å²) in [4.78, 5) is 14.1. The van der Waals surface area contributed by atoms with E-state index in [1.54, 1.807) is 29.9 Å². The lowest BCUT2D eigenvalue weighted by Gasteiger charge is -2.17. The van der Waals surface area contributed by atoms with Crippen LogP contribution in [0.5, 0.6) is 0 Å². The molecule has 20 heavy (non-hydrogen) atoms. The third-order valence-electron chi connectivity index (χ3n) is 3.42. The number of carbonyl (C=O) groups is 1. The van der Waals surface area contributed by atoms with Gasteiger partial charge < -0.3 is 15.1 Å². The highest BCUT2D eigenvalue weighted by Gasteiger charge is 2.22. The van der Waals surface area contributed by atoms with Crippen LogP contribution < -0.4 is 5.73 Å². The molecule has 0 aliphatic rings. The van der Waals surface area contributed by atoms with E-state index in [9.17, 15) is 4.79 Å². The Hall–Kier alpha value is -2.24. The monoisotopic (exact) mass is 276 g/mol. The van der Waals surface area contributed by atoms with Gasteiger partial charge in [-0.1, -0.05) is 6.92 Å². The molecule has 0 spiro atoms. The number of nitrogens with zero attached hydrogens (tertiary/aromatic N) is 3. The maximum atomic E-state index is 12.5. The number of carbonyl (C=O) groups excluding carboxylic acids is 1. The molecule has 6 nitrogen and oxygen atoms in total. The SMILES string of the molecule is CCc1nn(C)c(C(=O)N(C)Cc2ccoc2C)c1N. The summed E-state index contributed by atoms with van der Waals surface area (Å²) >= 11 is 0. The van der Waals surface area contributed by atoms with Crippen molar-refractivity contribution in [2.45, 2.75) is 26.8 Å². The van der Waals surface area contributed by atoms with Crippen molar-refractivity contribution >= 4 is 11.6 Å². The molecule has 108 valence electrons. The highest BCUT2D eigenvalue weighted by atomic mass is 16.3. The molecule has 2 aromatic rings. The van der Waals surface area contributed by atoms with Crippen LogP contribution in [0.25, 0.3) is 0 Å². The van der Waals surface area contributed by atoms with Crippen molar-refractivity contribution in [3.05, 3.63) is 35.0 Å². The Kier molecular flexibility index (Phi) is 3.83. The van der Waals surface area contributed by atoms with Crippen LogP contribution in [0.2, 0.25) is 0 Å². The molecule has 0 bridgehead atoms. The maximum Gasteiger partial charge on any atom is 0.274 e. The van der Waals surface area contributed by atoms with E-state index in [1.165, 1.54) is 0 Å². The van der Waals surface area contributed by atoms with Crippen LogP contribution in [0.1, 0.15) is 34.4 Å². The molecule has 2 N–H and O–H groups in total. The van der Waals surface area contributed by atoms with Crippen molar-refractivity contribution in [1.29, 1.82) is 0 Å². The number of furan rings is 1. The number of nitrogen functional groups attached to an aromatic ring is 1. The van der Waals surface area contributed by atoms with Gasteiger partial charge in [0, 0.05) is 26.2 Å². The van der Waals surface area contributed by atoms with E-state index in [-0.39, 0.29) is 5.91 Å². The topological polar surface area (TPSA) is 77.3 Å². The van der Waals surface area contributed by atoms with E-state index < -0.39 is 0 Å². The van der Waals surface area contributed by atoms with E-state index in [0.29, 0.717) is 24.3 Å². The van der Waals surface area contributed by atoms with Gasteiger partial charge in [-0.3, -0.25) is 9.48 Å². The molecule has 0 unspecified atom stereocenters. The molecule has 0 radical (unpaired) electrons. The average Bonchev–Trinajstić information content (AvgIpc) is 2.93. The zero-order valence-electron chi connectivity index (χ0n) is 12.3. The second kappa shape index (κ2) is 5.40. The van der Waals surface area contributed by atoms with Crippen LogP contribution in [0.15, 0.2) is 16.7 Å². The first-order valence-electron chi connectivity index (χ1n) is 6.55. The van der Waals surface area contributed by atoms with Gasteiger partial charge in [0.15, 0.2) is 0 Å². The third-order valence-corrected chi connectivity index (χ3v) is 3.42. The van der Waals surface area contributed by atoms with Gasteiger partial charge in [-0.15, -0.1) is 0 Å². The number of amides is 1. The number of hydrogen-bond acceptors (Lipinski definition) is 4. The molecule has 0 atom stereocenters. The quantitative estimate of drug-likeness (QED) is 0.922. The number of rotatable bonds is 4. The van der Waals surface area contributed by atoms with Crippen molar-refractivity contribution in [3.63, 3.8) is 0 Å². The first-order chi connectivity index (χ1) is 9.45. The van der Waals surface area contributed by atoms with E-state index >= 15 is 0 Å². The Bertz CT molecular complexity index is 627. The lowest BCUT2D eigenvalue weighted by Crippen LogP contribution is -2.28. The van der Waals surface area contributed by atoms with E-state index in [2.05, 4.69) is 5.10 Å². The van der Waals surface area contributed by atoms with Gasteiger partial charge in [-0.05, 0) is 19.4 Å². The molecule has 0 aromatic carbocycles. The molecule has 2 heterocycles. The zero-order chi connectivity index (χ0) is 14.9. The predicted octanol–water partition coefficient (Wildman–Crippen LogP) is 1.74. The first kappa shape index (κ1) is 14.2. The molecular formula is C14H20N4O2. The lowest BCUT2D eigenvalue weighted by atomic mass is 10.2. The summed E-state index contributed by atoms with van der Waals surface area (Å²) in [5, 5.41) is 4.27. The van der Waals surface area contributed by atoms with Gasteiger partial charge in [-0.2, -0.15) is 5.10 Å². The summed E-state index contributed by atoms with van der Waals surface area (Å²) in [7, 11) is 3.48. The standard InChI is InChI=1S/C14H20N4O2/c1-5-11-12(15)13(18(4)16-11)14(19)17(3)8-10-6-7-20-9(10)2/h6-7H,5,8,15H2,1-4H3. The Morgan fingerprint density at radius 1 is 1.55 bits per heavy atom. The smallest absolute Gasteiger partial charge is 0.274 e. The molecule has 2 rings (SSSR count). The van der Waals surface area contributed by atoms with Crippen molar-refractivity contribution < 1.29 is 9.21 Å². The number of hydrogen-bond donors (Lipinski definition) is 1. The summed E-state index contributed by atoms with van der Waals surface area (Å²) in [6.45, 7) is 4.32. The molecule has 0 aliphatic heterocycles. The Labute approximate surface area is 118 Å². The molecule has 0 aliphatic carbocycles. The molecule has 0 saturated carbocycles. The number of aryl methyl sites for hydroxylation is 3. The fraction of sp³-hybridized carbons (Fsp3) is 0.429. The van der Waals surface area contributed by atoms with Crippen LogP contribution in [-0.4, -0.2) is 27.6 Å². The highest BCUT2D eigenvalue weighted by Crippen LogP contribution is 2.20. The number of aromatic nitrogens is 2. The van der Waals surface area contributed by atoms with Gasteiger partial charge in [0.2, 0.25) is 0 Å². The largest absolute Gasteiger partial charge is 0.469 e. The molecule has 1 amide bonds. The first-order valence-corrected chi connectivity index (χ1v) is 6.55. The van der Waals surface area contributed by atoms with Gasteiger partial charge in [-0.25, -0.2) is 0 Å². The van der Waals surface area contributed by atoms with Crippen molar-refractivity contribution in [2.75, 3.05) is 12.8 Å². The second-order valence-corrected chi connectivity index (χ2v) is 4.85. The van der Waals surface area contributed by atoms with Crippen LogP contribution in [0, 0.1) is 6.92 Å². The average molecular weight is 276 g/mol. The minimum atomic E-state index is -0.141. The molecule has 6 heteroatoms. The van der Waals surface area contributed by atoms with Crippen LogP contribution in [-0.2, 0) is 20.0 Å². The van der Waals surface area contributed by atoms with Gasteiger partial charge in [0.25, 0.3) is 5.91 Å². The summed E-state index contributed by atoms with van der Waals surface area (Å²) in [6, 6.07) is 1.86. The van der Waals surface area contributed by atoms with Crippen molar-refractivity contribution in [1.82, 2.24) is 14.7 Å². The highest BCUT2D eigenvalue weighted by molar-refractivity contribution is 5.97. The van der Waals surface area contributed by atoms with Crippen LogP contribution >= 0.6 is 0 Å². The Morgan fingerprint density at radius 2 is 2.25 bits per heavy atom. The Balaban J connectivity index is 2.23. The maximum absolute atomic E-state index is 12.5. The molecule has 0 saturated heterocycles. The Morgan fingerprint density at radius 3 is 2.75 bits per heavy atom. The van der Waals surface area contributed by atoms with E-state index in [0.717, 1.165) is 17.0 Å². The minimum absolute atomic E-state index is 0.141. The number of nitrogens with two attached hydrogens (primary N) is 1. The van der Waals surface area contributed by atoms with Gasteiger partial charge in [0.05, 0.1) is 17.6 Å². The third kappa shape index (κ3) is 2.41. The predicted molar refractivity (Wildman–Crippen MR) is 76.2 cm³/mol. The summed E-state index contributed by atoms with van der Waals surface area (Å²) < 4.78 is 6.79. The van der Waals surface area contributed by atoms with E-state index in [1.807, 2.05) is 19.9 Å². The second-order valence-electron chi connectivity index (χ2n) is 4.85. The van der Waals surface area contributed by atoms with Gasteiger partial charge in [0.1, 0.15) is 11.5 Å². The molecule has 0 fully saturated rings. The minimum Gasteiger partial charge on any atom is -0.469 e. The molecule has 2 aromatic heterocycles. The lowest BCUT2D eigenvalue weighted by molar-refractivity contribution is 0.0775. The number of anilines is 1. The summed E-state index contributed by atoms with van der Waals surface area (Å²) in [5.74, 6) is 0.676. The van der Waals surface area contributed by atoms with Crippen LogP contribution in [0.3, 0.4) is 0 Å². The summed E-state index contributed by atoms with van der Waals surface area (Å²) in [5.41, 5.74) is 8.65. The molecular weight excluding hydrogens is 256 g/mol. The normalized spacial score (nSPS) is 10.8. The van der Waals surface area contributed by atoms with Crippen molar-refractivity contribution in [3.8, 4) is 0 Å². The van der Waals surface area contributed by atoms with Crippen molar-refractivity contribution in [2.24, 2.45) is 7.05 Å². The fourth-order valence-corrected chi connectivity index (χ4v) is 2.19. The van der Waals surface area contributed by atoms with E-state index in [4.69, 9.17) is 10.2 Å². The zero-order valence-corrected chi connectivity index (χ0v) is 12.3. The van der Waals surface area contributed by atoms with Crippen LogP contribution in [0.4, 0.5) is 5.69 Å². The van der Waals surface area contributed by atoms with Gasteiger partial charge >= 0.3 is 0 Å².